The van der Waals surface area contributed by atoms with E-state index in [4.69, 9.17) is 4.98 Å². The van der Waals surface area contributed by atoms with Crippen molar-refractivity contribution in [3.63, 3.8) is 0 Å². The van der Waals surface area contributed by atoms with E-state index in [-0.39, 0.29) is 5.41 Å². The van der Waals surface area contributed by atoms with Crippen molar-refractivity contribution >= 4 is 11.0 Å². The van der Waals surface area contributed by atoms with Crippen LogP contribution in [-0.4, -0.2) is 9.97 Å². The number of allylic oxidation sites excluding steroid dienone is 3. The molecule has 1 N–H and O–H groups in total. The smallest absolute Gasteiger partial charge is 0.117 e. The lowest BCUT2D eigenvalue weighted by atomic mass is 9.84. The fourth-order valence-corrected chi connectivity index (χ4v) is 2.20. The van der Waals surface area contributed by atoms with Crippen LogP contribution in [0.3, 0.4) is 0 Å². The molecular formula is C17H22N2. The molecule has 0 saturated carbocycles. The second-order valence-corrected chi connectivity index (χ2v) is 5.54. The van der Waals surface area contributed by atoms with Crippen LogP contribution >= 0.6 is 0 Å². The highest BCUT2D eigenvalue weighted by molar-refractivity contribution is 5.75. The Hall–Kier alpha value is -1.83. The van der Waals surface area contributed by atoms with E-state index < -0.39 is 0 Å². The Morgan fingerprint density at radius 2 is 2.11 bits per heavy atom. The Kier molecular flexibility index (Phi) is 3.89. The zero-order valence-electron chi connectivity index (χ0n) is 12.0. The number of hydrogen-bond acceptors (Lipinski definition) is 1. The Balaban J connectivity index is 2.29. The normalized spacial score (nSPS) is 14.1. The van der Waals surface area contributed by atoms with E-state index in [2.05, 4.69) is 44.5 Å². The van der Waals surface area contributed by atoms with Crippen molar-refractivity contribution in [3.05, 3.63) is 54.4 Å². The molecule has 0 fully saturated rings. The van der Waals surface area contributed by atoms with Crippen molar-refractivity contribution in [1.82, 2.24) is 9.97 Å². The van der Waals surface area contributed by atoms with E-state index in [1.165, 1.54) is 5.57 Å². The van der Waals surface area contributed by atoms with Gasteiger partial charge >= 0.3 is 0 Å². The molecule has 0 aliphatic rings. The molecule has 2 heteroatoms. The molecule has 1 unspecified atom stereocenters. The van der Waals surface area contributed by atoms with Gasteiger partial charge < -0.3 is 4.98 Å². The first-order valence-electron chi connectivity index (χ1n) is 6.77. The Morgan fingerprint density at radius 3 is 2.74 bits per heavy atom. The van der Waals surface area contributed by atoms with E-state index in [0.29, 0.717) is 0 Å². The van der Waals surface area contributed by atoms with Crippen LogP contribution in [0.25, 0.3) is 11.0 Å². The quantitative estimate of drug-likeness (QED) is 0.766. The Bertz CT molecular complexity index is 570. The van der Waals surface area contributed by atoms with Gasteiger partial charge in [0.15, 0.2) is 0 Å². The maximum absolute atomic E-state index is 4.71. The zero-order valence-corrected chi connectivity index (χ0v) is 12.0. The SMILES string of the molecule is C=CC(C)(CCC=C(C)C)c1nc2ccccc2[nH]1. The molecule has 0 spiro atoms. The first-order chi connectivity index (χ1) is 9.05. The van der Waals surface area contributed by atoms with Crippen LogP contribution in [0.1, 0.15) is 39.4 Å². The number of aromatic nitrogens is 2. The second-order valence-electron chi connectivity index (χ2n) is 5.54. The highest BCUT2D eigenvalue weighted by Gasteiger charge is 2.25. The fraction of sp³-hybridized carbons (Fsp3) is 0.353. The van der Waals surface area contributed by atoms with Gasteiger partial charge in [0, 0.05) is 5.41 Å². The molecule has 2 aromatic rings. The summed E-state index contributed by atoms with van der Waals surface area (Å²) in [6, 6.07) is 8.14. The lowest BCUT2D eigenvalue weighted by Gasteiger charge is -2.22. The lowest BCUT2D eigenvalue weighted by molar-refractivity contribution is 0.518. The molecule has 1 aromatic heterocycles. The van der Waals surface area contributed by atoms with Crippen molar-refractivity contribution in [1.29, 1.82) is 0 Å². The maximum Gasteiger partial charge on any atom is 0.117 e. The molecule has 2 nitrogen and oxygen atoms in total. The number of imidazole rings is 1. The monoisotopic (exact) mass is 254 g/mol. The zero-order chi connectivity index (χ0) is 13.9. The summed E-state index contributed by atoms with van der Waals surface area (Å²) in [4.78, 5) is 8.13. The van der Waals surface area contributed by atoms with Crippen molar-refractivity contribution in [2.24, 2.45) is 0 Å². The van der Waals surface area contributed by atoms with Gasteiger partial charge in [0.1, 0.15) is 5.82 Å². The third kappa shape index (κ3) is 2.95. The Morgan fingerprint density at radius 1 is 1.37 bits per heavy atom. The molecule has 2 rings (SSSR count). The predicted molar refractivity (Wildman–Crippen MR) is 82.3 cm³/mol. The van der Waals surface area contributed by atoms with E-state index in [1.807, 2.05) is 24.3 Å². The van der Waals surface area contributed by atoms with Crippen molar-refractivity contribution in [3.8, 4) is 0 Å². The summed E-state index contributed by atoms with van der Waals surface area (Å²) >= 11 is 0. The molecule has 1 heterocycles. The minimum absolute atomic E-state index is 0.106. The number of rotatable bonds is 5. The van der Waals surface area contributed by atoms with Crippen LogP contribution in [0.15, 0.2) is 48.6 Å². The van der Waals surface area contributed by atoms with Gasteiger partial charge in [-0.25, -0.2) is 4.98 Å². The summed E-state index contributed by atoms with van der Waals surface area (Å²) in [7, 11) is 0. The molecule has 0 aliphatic heterocycles. The largest absolute Gasteiger partial charge is 0.341 e. The first-order valence-corrected chi connectivity index (χ1v) is 6.77. The van der Waals surface area contributed by atoms with Crippen LogP contribution in [-0.2, 0) is 5.41 Å². The van der Waals surface area contributed by atoms with Gasteiger partial charge in [-0.1, -0.05) is 29.9 Å². The average molecular weight is 254 g/mol. The molecule has 1 atom stereocenters. The number of nitrogens with zero attached hydrogens (tertiary/aromatic N) is 1. The maximum atomic E-state index is 4.71. The van der Waals surface area contributed by atoms with Crippen LogP contribution in [0, 0.1) is 0 Å². The molecule has 19 heavy (non-hydrogen) atoms. The Labute approximate surface area is 115 Å². The summed E-state index contributed by atoms with van der Waals surface area (Å²) in [5, 5.41) is 0. The summed E-state index contributed by atoms with van der Waals surface area (Å²) in [5.41, 5.74) is 3.36. The highest BCUT2D eigenvalue weighted by atomic mass is 14.9. The number of H-pyrrole nitrogens is 1. The van der Waals surface area contributed by atoms with Crippen molar-refractivity contribution in [2.75, 3.05) is 0 Å². The number of aromatic amines is 1. The number of nitrogens with one attached hydrogen (secondary N) is 1. The molecular weight excluding hydrogens is 232 g/mol. The van der Waals surface area contributed by atoms with Crippen LogP contribution in [0.4, 0.5) is 0 Å². The fourth-order valence-electron chi connectivity index (χ4n) is 2.20. The first kappa shape index (κ1) is 13.6. The molecule has 1 aromatic carbocycles. The van der Waals surface area contributed by atoms with Crippen LogP contribution in [0.2, 0.25) is 0 Å². The van der Waals surface area contributed by atoms with Crippen LogP contribution in [0.5, 0.6) is 0 Å². The number of para-hydroxylation sites is 2. The van der Waals surface area contributed by atoms with Gasteiger partial charge in [-0.05, 0) is 45.7 Å². The van der Waals surface area contributed by atoms with Gasteiger partial charge in [-0.15, -0.1) is 6.58 Å². The van der Waals surface area contributed by atoms with Gasteiger partial charge in [-0.3, -0.25) is 0 Å². The van der Waals surface area contributed by atoms with Crippen LogP contribution < -0.4 is 0 Å². The molecule has 0 amide bonds. The molecule has 0 saturated heterocycles. The minimum Gasteiger partial charge on any atom is -0.341 e. The number of benzene rings is 1. The molecule has 0 bridgehead atoms. The minimum atomic E-state index is -0.106. The lowest BCUT2D eigenvalue weighted by Crippen LogP contribution is -2.20. The third-order valence-corrected chi connectivity index (χ3v) is 3.60. The van der Waals surface area contributed by atoms with E-state index in [1.54, 1.807) is 0 Å². The van der Waals surface area contributed by atoms with Gasteiger partial charge in [-0.2, -0.15) is 0 Å². The number of hydrogen-bond donors (Lipinski definition) is 1. The standard InChI is InChI=1S/C17H22N2/c1-5-17(4,12-8-9-13(2)3)16-18-14-10-6-7-11-15(14)19-16/h5-7,9-11H,1,8,12H2,2-4H3,(H,18,19). The van der Waals surface area contributed by atoms with E-state index in [9.17, 15) is 0 Å². The molecule has 0 radical (unpaired) electrons. The topological polar surface area (TPSA) is 28.7 Å². The van der Waals surface area contributed by atoms with Gasteiger partial charge in [0.2, 0.25) is 0 Å². The number of fused-ring (bicyclic) bond motifs is 1. The highest BCUT2D eigenvalue weighted by Crippen LogP contribution is 2.30. The second kappa shape index (κ2) is 5.43. The molecule has 100 valence electrons. The average Bonchev–Trinajstić information content (AvgIpc) is 2.82. The summed E-state index contributed by atoms with van der Waals surface area (Å²) in [6.07, 6.45) is 6.33. The van der Waals surface area contributed by atoms with E-state index in [0.717, 1.165) is 29.7 Å². The summed E-state index contributed by atoms with van der Waals surface area (Å²) < 4.78 is 0. The van der Waals surface area contributed by atoms with E-state index >= 15 is 0 Å². The third-order valence-electron chi connectivity index (χ3n) is 3.60. The predicted octanol–water partition coefficient (Wildman–Crippen LogP) is 4.75. The summed E-state index contributed by atoms with van der Waals surface area (Å²) in [5.74, 6) is 1.01. The van der Waals surface area contributed by atoms with Gasteiger partial charge in [0.05, 0.1) is 11.0 Å². The van der Waals surface area contributed by atoms with Crippen molar-refractivity contribution < 1.29 is 0 Å². The van der Waals surface area contributed by atoms with Gasteiger partial charge in [0.25, 0.3) is 0 Å². The molecule has 0 aliphatic carbocycles. The summed E-state index contributed by atoms with van der Waals surface area (Å²) in [6.45, 7) is 10.5. The van der Waals surface area contributed by atoms with Crippen molar-refractivity contribution in [2.45, 2.75) is 39.0 Å².